The molecular weight excluding hydrogens is 450 g/mol. The maximum atomic E-state index is 4.10. The molecule has 0 saturated carbocycles. The molecule has 0 spiro atoms. The predicted octanol–water partition coefficient (Wildman–Crippen LogP) is 9.36. The molecule has 3 aromatic carbocycles. The summed E-state index contributed by atoms with van der Waals surface area (Å²) in [6, 6.07) is 26.1. The molecule has 0 bridgehead atoms. The van der Waals surface area contributed by atoms with Crippen LogP contribution in [0.25, 0.3) is 5.57 Å². The number of thiol groups is 1. The van der Waals surface area contributed by atoms with Crippen molar-refractivity contribution >= 4 is 35.8 Å². The Morgan fingerprint density at radius 3 is 2.24 bits per heavy atom. The van der Waals surface area contributed by atoms with Gasteiger partial charge in [0.15, 0.2) is 0 Å². The van der Waals surface area contributed by atoms with Gasteiger partial charge in [0.05, 0.1) is 0 Å². The van der Waals surface area contributed by atoms with Gasteiger partial charge in [-0.25, -0.2) is 0 Å². The van der Waals surface area contributed by atoms with Gasteiger partial charge in [0.25, 0.3) is 0 Å². The second-order valence-electron chi connectivity index (χ2n) is 9.75. The molecule has 1 aliphatic rings. The topological polar surface area (TPSA) is 12.0 Å². The Bertz CT molecular complexity index is 1120. The molecule has 3 aromatic rings. The van der Waals surface area contributed by atoms with E-state index in [0.29, 0.717) is 5.25 Å². The van der Waals surface area contributed by atoms with E-state index in [1.165, 1.54) is 44.7 Å². The van der Waals surface area contributed by atoms with Crippen molar-refractivity contribution in [2.24, 2.45) is 0 Å². The zero-order valence-electron chi connectivity index (χ0n) is 21.1. The summed E-state index contributed by atoms with van der Waals surface area (Å²) < 4.78 is 3.52. The summed E-state index contributed by atoms with van der Waals surface area (Å²) in [5.74, 6) is 0. The Kier molecular flexibility index (Phi) is 9.16. The molecule has 3 heteroatoms. The third-order valence-corrected chi connectivity index (χ3v) is 7.20. The van der Waals surface area contributed by atoms with Crippen LogP contribution in [0.5, 0.6) is 0 Å². The minimum Gasteiger partial charge on any atom is -0.326 e. The van der Waals surface area contributed by atoms with Gasteiger partial charge >= 0.3 is 0 Å². The zero-order valence-corrected chi connectivity index (χ0v) is 22.8. The summed E-state index contributed by atoms with van der Waals surface area (Å²) in [6.45, 7) is 15.0. The van der Waals surface area contributed by atoms with Gasteiger partial charge in [-0.15, -0.1) is 0 Å². The first-order valence-electron chi connectivity index (χ1n) is 12.0. The predicted molar refractivity (Wildman–Crippen MR) is 156 cm³/mol. The SMILES string of the molecule is C=CC1=C(c2ccccc2)c2cc(NSc3ccc(C(C)(C)C)cc3)ccc2C1.CCC(C)S. The number of hydrogen-bond donors (Lipinski definition) is 2. The van der Waals surface area contributed by atoms with Crippen LogP contribution < -0.4 is 4.72 Å². The van der Waals surface area contributed by atoms with E-state index in [0.717, 1.165) is 12.1 Å². The second-order valence-corrected chi connectivity index (χ2v) is 11.5. The van der Waals surface area contributed by atoms with Crippen molar-refractivity contribution < 1.29 is 0 Å². The van der Waals surface area contributed by atoms with Crippen LogP contribution in [0.4, 0.5) is 5.69 Å². The molecule has 1 N–H and O–H groups in total. The van der Waals surface area contributed by atoms with Crippen LogP contribution in [-0.4, -0.2) is 5.25 Å². The van der Waals surface area contributed by atoms with E-state index in [-0.39, 0.29) is 5.41 Å². The molecule has 4 rings (SSSR count). The molecule has 0 saturated heterocycles. The maximum Gasteiger partial charge on any atom is 0.0449 e. The van der Waals surface area contributed by atoms with Gasteiger partial charge in [-0.05, 0) is 93.1 Å². The Balaban J connectivity index is 0.000000588. The molecule has 1 unspecified atom stereocenters. The summed E-state index contributed by atoms with van der Waals surface area (Å²) in [5.41, 5.74) is 9.18. The Hall–Kier alpha value is -2.36. The third kappa shape index (κ3) is 6.84. The first kappa shape index (κ1) is 26.2. The van der Waals surface area contributed by atoms with Crippen LogP contribution in [0, 0.1) is 0 Å². The second kappa shape index (κ2) is 11.9. The summed E-state index contributed by atoms with van der Waals surface area (Å²) in [6.07, 6.45) is 4.12. The molecule has 0 radical (unpaired) electrons. The van der Waals surface area contributed by atoms with Crippen LogP contribution in [0.3, 0.4) is 0 Å². The molecule has 1 aliphatic carbocycles. The molecule has 1 atom stereocenters. The average molecular weight is 488 g/mol. The fourth-order valence-electron chi connectivity index (χ4n) is 3.75. The van der Waals surface area contributed by atoms with Crippen molar-refractivity contribution in [3.63, 3.8) is 0 Å². The fourth-order valence-corrected chi connectivity index (χ4v) is 4.39. The number of hydrogen-bond acceptors (Lipinski definition) is 3. The van der Waals surface area contributed by atoms with E-state index in [1.54, 1.807) is 11.9 Å². The number of rotatable bonds is 6. The highest BCUT2D eigenvalue weighted by Gasteiger charge is 2.21. The Morgan fingerprint density at radius 2 is 1.68 bits per heavy atom. The van der Waals surface area contributed by atoms with Crippen LogP contribution in [0.1, 0.15) is 63.3 Å². The minimum atomic E-state index is 0.180. The van der Waals surface area contributed by atoms with Gasteiger partial charge in [0.2, 0.25) is 0 Å². The van der Waals surface area contributed by atoms with Gasteiger partial charge in [0, 0.05) is 10.6 Å². The summed E-state index contributed by atoms with van der Waals surface area (Å²) >= 11 is 5.75. The van der Waals surface area contributed by atoms with Gasteiger partial charge in [-0.3, -0.25) is 0 Å². The van der Waals surface area contributed by atoms with Crippen molar-refractivity contribution in [2.45, 2.75) is 63.0 Å². The van der Waals surface area contributed by atoms with Gasteiger partial charge in [-0.1, -0.05) is 95.8 Å². The van der Waals surface area contributed by atoms with E-state index in [2.05, 4.69) is 131 Å². The fraction of sp³-hybridized carbons (Fsp3) is 0.290. The molecule has 0 amide bonds. The number of allylic oxidation sites excluding steroid dienone is 2. The lowest BCUT2D eigenvalue weighted by molar-refractivity contribution is 0.590. The van der Waals surface area contributed by atoms with Crippen molar-refractivity contribution in [3.05, 3.63) is 113 Å². The molecule has 0 aromatic heterocycles. The van der Waals surface area contributed by atoms with E-state index in [9.17, 15) is 0 Å². The number of anilines is 1. The van der Waals surface area contributed by atoms with Crippen LogP contribution in [0.2, 0.25) is 0 Å². The summed E-state index contributed by atoms with van der Waals surface area (Å²) in [7, 11) is 0. The van der Waals surface area contributed by atoms with Gasteiger partial charge < -0.3 is 4.72 Å². The molecule has 34 heavy (non-hydrogen) atoms. The van der Waals surface area contributed by atoms with E-state index in [4.69, 9.17) is 0 Å². The summed E-state index contributed by atoms with van der Waals surface area (Å²) in [4.78, 5) is 1.21. The highest BCUT2D eigenvalue weighted by molar-refractivity contribution is 8.00. The van der Waals surface area contributed by atoms with Gasteiger partial charge in [0.1, 0.15) is 0 Å². The third-order valence-electron chi connectivity index (χ3n) is 5.99. The van der Waals surface area contributed by atoms with E-state index >= 15 is 0 Å². The number of fused-ring (bicyclic) bond motifs is 1. The first-order valence-corrected chi connectivity index (χ1v) is 13.3. The standard InChI is InChI=1S/C27H27NS.C4H10S/c1-5-19-17-21-11-14-23(18-25(21)26(19)20-9-7-6-8-10-20)28-29-24-15-12-22(13-16-24)27(2,3)4;1-3-4(2)5/h5-16,18,28H,1,17H2,2-4H3;4-5H,3H2,1-2H3. The van der Waals surface area contributed by atoms with Crippen LogP contribution in [0.15, 0.2) is 95.9 Å². The van der Waals surface area contributed by atoms with Crippen LogP contribution >= 0.6 is 24.6 Å². The lowest BCUT2D eigenvalue weighted by Crippen LogP contribution is -2.10. The zero-order chi connectivity index (χ0) is 24.7. The average Bonchev–Trinajstić information content (AvgIpc) is 3.21. The number of nitrogens with one attached hydrogen (secondary N) is 1. The lowest BCUT2D eigenvalue weighted by atomic mass is 9.87. The molecule has 178 valence electrons. The van der Waals surface area contributed by atoms with Crippen molar-refractivity contribution in [3.8, 4) is 0 Å². The molecule has 1 nitrogen and oxygen atoms in total. The van der Waals surface area contributed by atoms with E-state index < -0.39 is 0 Å². The number of benzene rings is 3. The Morgan fingerprint density at radius 1 is 1.03 bits per heavy atom. The van der Waals surface area contributed by atoms with Crippen molar-refractivity contribution in [1.29, 1.82) is 0 Å². The molecule has 0 fully saturated rings. The summed E-state index contributed by atoms with van der Waals surface area (Å²) in [5, 5.41) is 0.579. The minimum absolute atomic E-state index is 0.180. The first-order chi connectivity index (χ1) is 16.2. The monoisotopic (exact) mass is 487 g/mol. The molecule has 0 heterocycles. The highest BCUT2D eigenvalue weighted by atomic mass is 32.2. The molecule has 0 aliphatic heterocycles. The van der Waals surface area contributed by atoms with Gasteiger partial charge in [-0.2, -0.15) is 12.6 Å². The van der Waals surface area contributed by atoms with Crippen molar-refractivity contribution in [2.75, 3.05) is 4.72 Å². The van der Waals surface area contributed by atoms with E-state index in [1.807, 2.05) is 6.08 Å². The highest BCUT2D eigenvalue weighted by Crippen LogP contribution is 2.39. The molecular formula is C31H37NS2. The van der Waals surface area contributed by atoms with Crippen LogP contribution in [-0.2, 0) is 11.8 Å². The maximum absolute atomic E-state index is 4.10. The normalized spacial score (nSPS) is 13.6. The Labute approximate surface area is 216 Å². The smallest absolute Gasteiger partial charge is 0.0449 e. The lowest BCUT2D eigenvalue weighted by Gasteiger charge is -2.19. The largest absolute Gasteiger partial charge is 0.326 e. The van der Waals surface area contributed by atoms with Crippen molar-refractivity contribution in [1.82, 2.24) is 0 Å². The quantitative estimate of drug-likeness (QED) is 0.265.